The first-order valence-corrected chi connectivity index (χ1v) is 5.97. The summed E-state index contributed by atoms with van der Waals surface area (Å²) in [5.41, 5.74) is 0.872. The maximum atomic E-state index is 12.6. The van der Waals surface area contributed by atoms with E-state index in [1.54, 1.807) is 24.5 Å². The summed E-state index contributed by atoms with van der Waals surface area (Å²) in [5, 5.41) is 2.55. The molecule has 0 atom stereocenters. The zero-order valence-electron chi connectivity index (χ0n) is 9.93. The van der Waals surface area contributed by atoms with E-state index in [-0.39, 0.29) is 43.4 Å². The predicted molar refractivity (Wildman–Crippen MR) is 63.6 cm³/mol. The average Bonchev–Trinajstić information content (AvgIpc) is 2.33. The molecular formula is C13H15FN2O2. The summed E-state index contributed by atoms with van der Waals surface area (Å²) in [6.45, 7) is 0.00854. The van der Waals surface area contributed by atoms with Crippen LogP contribution in [0, 0.1) is 5.92 Å². The largest absolute Gasteiger partial charge is 0.349 e. The smallest absolute Gasteiger partial charge is 0.223 e. The summed E-state index contributed by atoms with van der Waals surface area (Å²) in [4.78, 5) is 26.9. The van der Waals surface area contributed by atoms with Gasteiger partial charge < -0.3 is 5.32 Å². The topological polar surface area (TPSA) is 59.1 Å². The van der Waals surface area contributed by atoms with Crippen LogP contribution in [0.3, 0.4) is 0 Å². The van der Waals surface area contributed by atoms with Gasteiger partial charge in [0.1, 0.15) is 6.17 Å². The lowest BCUT2D eigenvalue weighted by Gasteiger charge is -2.28. The van der Waals surface area contributed by atoms with E-state index in [9.17, 15) is 14.0 Å². The second-order valence-electron chi connectivity index (χ2n) is 4.55. The Kier molecular flexibility index (Phi) is 4.02. The van der Waals surface area contributed by atoms with Crippen LogP contribution in [0.1, 0.15) is 18.4 Å². The quantitative estimate of drug-likeness (QED) is 0.850. The van der Waals surface area contributed by atoms with E-state index < -0.39 is 6.17 Å². The fourth-order valence-corrected chi connectivity index (χ4v) is 1.88. The molecule has 96 valence electrons. The second kappa shape index (κ2) is 5.71. The van der Waals surface area contributed by atoms with Crippen LogP contribution in [0.2, 0.25) is 0 Å². The van der Waals surface area contributed by atoms with Crippen LogP contribution in [0.4, 0.5) is 4.39 Å². The van der Waals surface area contributed by atoms with Crippen LogP contribution in [-0.2, 0) is 16.0 Å². The number of carbonyl (C=O) groups excluding carboxylic acids is 2. The van der Waals surface area contributed by atoms with Crippen LogP contribution in [0.25, 0.3) is 0 Å². The molecule has 2 rings (SSSR count). The van der Waals surface area contributed by atoms with Crippen molar-refractivity contribution in [2.75, 3.05) is 6.54 Å². The number of Topliss-reactive ketones (excluding diaryl/α,β-unsaturated/α-hetero) is 1. The number of pyridine rings is 1. The molecule has 0 unspecified atom stereocenters. The Morgan fingerprint density at radius 3 is 2.61 bits per heavy atom. The van der Waals surface area contributed by atoms with Crippen molar-refractivity contribution in [1.82, 2.24) is 10.3 Å². The number of nitrogens with zero attached hydrogens (tertiary/aromatic N) is 1. The number of rotatable bonds is 5. The molecule has 0 spiro atoms. The average molecular weight is 250 g/mol. The molecule has 0 aliphatic heterocycles. The van der Waals surface area contributed by atoms with Crippen LogP contribution >= 0.6 is 0 Å². The van der Waals surface area contributed by atoms with Gasteiger partial charge in [0.15, 0.2) is 5.78 Å². The van der Waals surface area contributed by atoms with Crippen molar-refractivity contribution >= 4 is 11.7 Å². The molecule has 1 aromatic rings. The summed E-state index contributed by atoms with van der Waals surface area (Å²) in [6.07, 6.45) is 3.23. The number of halogens is 1. The number of carbonyl (C=O) groups is 2. The van der Waals surface area contributed by atoms with Gasteiger partial charge in [-0.3, -0.25) is 14.6 Å². The third-order valence-electron chi connectivity index (χ3n) is 3.06. The van der Waals surface area contributed by atoms with Crippen molar-refractivity contribution in [2.24, 2.45) is 5.92 Å². The summed E-state index contributed by atoms with van der Waals surface area (Å²) >= 11 is 0. The molecule has 1 aliphatic rings. The van der Waals surface area contributed by atoms with E-state index >= 15 is 0 Å². The van der Waals surface area contributed by atoms with Gasteiger partial charge in [-0.1, -0.05) is 0 Å². The van der Waals surface area contributed by atoms with Crippen molar-refractivity contribution in [3.63, 3.8) is 0 Å². The number of hydrogen-bond acceptors (Lipinski definition) is 3. The molecule has 1 aliphatic carbocycles. The van der Waals surface area contributed by atoms with Gasteiger partial charge >= 0.3 is 0 Å². The lowest BCUT2D eigenvalue weighted by atomic mass is 9.83. The Morgan fingerprint density at radius 1 is 1.33 bits per heavy atom. The fourth-order valence-electron chi connectivity index (χ4n) is 1.88. The minimum atomic E-state index is -0.853. The minimum absolute atomic E-state index is 0.00854. The molecule has 0 bridgehead atoms. The van der Waals surface area contributed by atoms with Crippen LogP contribution in [-0.4, -0.2) is 29.4 Å². The van der Waals surface area contributed by atoms with Gasteiger partial charge in [-0.2, -0.15) is 0 Å². The zero-order chi connectivity index (χ0) is 13.0. The predicted octanol–water partition coefficient (Wildman–Crippen LogP) is 1.06. The van der Waals surface area contributed by atoms with Crippen molar-refractivity contribution in [2.45, 2.75) is 25.4 Å². The molecule has 1 fully saturated rings. The first kappa shape index (κ1) is 12.7. The van der Waals surface area contributed by atoms with Crippen LogP contribution < -0.4 is 5.32 Å². The number of nitrogens with one attached hydrogen (secondary N) is 1. The summed E-state index contributed by atoms with van der Waals surface area (Å²) in [5.74, 6) is -0.536. The van der Waals surface area contributed by atoms with Crippen LogP contribution in [0.5, 0.6) is 0 Å². The van der Waals surface area contributed by atoms with Crippen molar-refractivity contribution < 1.29 is 14.0 Å². The van der Waals surface area contributed by atoms with Gasteiger partial charge in [-0.05, 0) is 30.5 Å². The number of aromatic nitrogens is 1. The van der Waals surface area contributed by atoms with E-state index in [0.29, 0.717) is 0 Å². The van der Waals surface area contributed by atoms with Gasteiger partial charge in [0.2, 0.25) is 5.91 Å². The number of hydrogen-bond donors (Lipinski definition) is 1. The molecule has 4 nitrogen and oxygen atoms in total. The molecular weight excluding hydrogens is 235 g/mol. The van der Waals surface area contributed by atoms with E-state index in [1.807, 2.05) is 0 Å². The van der Waals surface area contributed by atoms with Crippen molar-refractivity contribution in [3.8, 4) is 0 Å². The molecule has 0 saturated heterocycles. The first-order valence-electron chi connectivity index (χ1n) is 5.97. The van der Waals surface area contributed by atoms with Gasteiger partial charge in [0.25, 0.3) is 0 Å². The summed E-state index contributed by atoms with van der Waals surface area (Å²) in [7, 11) is 0. The van der Waals surface area contributed by atoms with Crippen molar-refractivity contribution in [1.29, 1.82) is 0 Å². The van der Waals surface area contributed by atoms with Crippen molar-refractivity contribution in [3.05, 3.63) is 30.1 Å². The Hall–Kier alpha value is -1.78. The molecule has 0 aromatic carbocycles. The molecule has 1 saturated carbocycles. The lowest BCUT2D eigenvalue weighted by Crippen LogP contribution is -2.41. The first-order chi connectivity index (χ1) is 8.65. The summed E-state index contributed by atoms with van der Waals surface area (Å²) < 4.78 is 12.6. The maximum Gasteiger partial charge on any atom is 0.223 e. The number of alkyl halides is 1. The minimum Gasteiger partial charge on any atom is -0.349 e. The molecule has 18 heavy (non-hydrogen) atoms. The highest BCUT2D eigenvalue weighted by Gasteiger charge is 2.34. The molecule has 1 N–H and O–H groups in total. The van der Waals surface area contributed by atoms with E-state index in [1.165, 1.54) is 0 Å². The third-order valence-corrected chi connectivity index (χ3v) is 3.06. The second-order valence-corrected chi connectivity index (χ2v) is 4.55. The van der Waals surface area contributed by atoms with Gasteiger partial charge in [-0.15, -0.1) is 0 Å². The highest BCUT2D eigenvalue weighted by atomic mass is 19.1. The SMILES string of the molecule is O=C(CNC(=O)C1CC(F)C1)Cc1ccncc1. The Bertz CT molecular complexity index is 430. The van der Waals surface area contributed by atoms with Gasteiger partial charge in [0, 0.05) is 24.7 Å². The Morgan fingerprint density at radius 2 is 2.00 bits per heavy atom. The van der Waals surface area contributed by atoms with Gasteiger partial charge in [-0.25, -0.2) is 4.39 Å². The normalized spacial score (nSPS) is 22.1. The number of amides is 1. The number of ketones is 1. The lowest BCUT2D eigenvalue weighted by molar-refractivity contribution is -0.131. The standard InChI is InChI=1S/C13H15FN2O2/c14-11-6-10(7-11)13(18)16-8-12(17)5-9-1-3-15-4-2-9/h1-4,10-11H,5-8H2,(H,16,18). The zero-order valence-corrected chi connectivity index (χ0v) is 9.93. The Labute approximate surface area is 105 Å². The molecule has 1 heterocycles. The fraction of sp³-hybridized carbons (Fsp3) is 0.462. The van der Waals surface area contributed by atoms with Crippen LogP contribution in [0.15, 0.2) is 24.5 Å². The highest BCUT2D eigenvalue weighted by Crippen LogP contribution is 2.29. The van der Waals surface area contributed by atoms with E-state index in [2.05, 4.69) is 10.3 Å². The monoisotopic (exact) mass is 250 g/mol. The molecule has 0 radical (unpaired) electrons. The third kappa shape index (κ3) is 3.35. The van der Waals surface area contributed by atoms with Gasteiger partial charge in [0.05, 0.1) is 6.54 Å². The van der Waals surface area contributed by atoms with E-state index in [0.717, 1.165) is 5.56 Å². The molecule has 1 amide bonds. The maximum absolute atomic E-state index is 12.6. The van der Waals surface area contributed by atoms with E-state index in [4.69, 9.17) is 0 Å². The molecule has 5 heteroatoms. The highest BCUT2D eigenvalue weighted by molar-refractivity contribution is 5.88. The molecule has 1 aromatic heterocycles. The Balaban J connectivity index is 1.70. The summed E-state index contributed by atoms with van der Waals surface area (Å²) in [6, 6.07) is 3.53.